The Hall–Kier alpha value is -1.55. The molecule has 0 amide bonds. The SMILES string of the molecule is CCOC(=O)CC(NC)c1cccc(OCC)c1. The molecule has 0 saturated carbocycles. The molecule has 0 spiro atoms. The number of esters is 1. The summed E-state index contributed by atoms with van der Waals surface area (Å²) in [7, 11) is 1.83. The first-order valence-electron chi connectivity index (χ1n) is 6.26. The van der Waals surface area contributed by atoms with Gasteiger partial charge < -0.3 is 14.8 Å². The Morgan fingerprint density at radius 3 is 2.72 bits per heavy atom. The number of hydrogen-bond acceptors (Lipinski definition) is 4. The fourth-order valence-electron chi connectivity index (χ4n) is 1.76. The second kappa shape index (κ2) is 7.71. The van der Waals surface area contributed by atoms with Gasteiger partial charge in [-0.1, -0.05) is 12.1 Å². The number of rotatable bonds is 7. The van der Waals surface area contributed by atoms with Gasteiger partial charge in [0.15, 0.2) is 0 Å². The molecule has 0 aliphatic heterocycles. The van der Waals surface area contributed by atoms with Crippen LogP contribution in [0.3, 0.4) is 0 Å². The van der Waals surface area contributed by atoms with Gasteiger partial charge in [-0.3, -0.25) is 4.79 Å². The largest absolute Gasteiger partial charge is 0.494 e. The lowest BCUT2D eigenvalue weighted by Crippen LogP contribution is -2.21. The molecule has 0 radical (unpaired) electrons. The van der Waals surface area contributed by atoms with Crippen LogP contribution >= 0.6 is 0 Å². The molecule has 0 saturated heterocycles. The zero-order valence-electron chi connectivity index (χ0n) is 11.2. The van der Waals surface area contributed by atoms with Crippen LogP contribution in [-0.2, 0) is 9.53 Å². The fourth-order valence-corrected chi connectivity index (χ4v) is 1.76. The van der Waals surface area contributed by atoms with Gasteiger partial charge in [-0.2, -0.15) is 0 Å². The number of carbonyl (C=O) groups is 1. The summed E-state index contributed by atoms with van der Waals surface area (Å²) < 4.78 is 10.4. The highest BCUT2D eigenvalue weighted by atomic mass is 16.5. The van der Waals surface area contributed by atoms with Crippen LogP contribution in [0, 0.1) is 0 Å². The van der Waals surface area contributed by atoms with E-state index in [2.05, 4.69) is 5.32 Å². The maximum Gasteiger partial charge on any atom is 0.307 e. The van der Waals surface area contributed by atoms with Crippen molar-refractivity contribution < 1.29 is 14.3 Å². The molecule has 1 rings (SSSR count). The van der Waals surface area contributed by atoms with Crippen LogP contribution in [0.25, 0.3) is 0 Å². The highest BCUT2D eigenvalue weighted by molar-refractivity contribution is 5.70. The van der Waals surface area contributed by atoms with Crippen molar-refractivity contribution in [1.82, 2.24) is 5.32 Å². The summed E-state index contributed by atoms with van der Waals surface area (Å²) in [6, 6.07) is 7.71. The van der Waals surface area contributed by atoms with Gasteiger partial charge in [0.1, 0.15) is 5.75 Å². The highest BCUT2D eigenvalue weighted by Gasteiger charge is 2.15. The monoisotopic (exact) mass is 251 g/mol. The van der Waals surface area contributed by atoms with E-state index in [4.69, 9.17) is 9.47 Å². The van der Waals surface area contributed by atoms with Crippen molar-refractivity contribution in [3.05, 3.63) is 29.8 Å². The van der Waals surface area contributed by atoms with Crippen LogP contribution in [0.15, 0.2) is 24.3 Å². The molecular weight excluding hydrogens is 230 g/mol. The molecule has 0 aliphatic rings. The molecule has 0 aliphatic carbocycles. The quantitative estimate of drug-likeness (QED) is 0.755. The van der Waals surface area contributed by atoms with Gasteiger partial charge in [0, 0.05) is 6.04 Å². The van der Waals surface area contributed by atoms with E-state index in [1.807, 2.05) is 45.2 Å². The van der Waals surface area contributed by atoms with E-state index < -0.39 is 0 Å². The van der Waals surface area contributed by atoms with Crippen LogP contribution in [0.1, 0.15) is 31.9 Å². The van der Waals surface area contributed by atoms with Crippen LogP contribution in [0.2, 0.25) is 0 Å². The topological polar surface area (TPSA) is 47.6 Å². The molecule has 4 nitrogen and oxygen atoms in total. The summed E-state index contributed by atoms with van der Waals surface area (Å²) in [6.07, 6.45) is 0.319. The molecule has 4 heteroatoms. The lowest BCUT2D eigenvalue weighted by atomic mass is 10.0. The first-order chi connectivity index (χ1) is 8.71. The van der Waals surface area contributed by atoms with Gasteiger partial charge in [-0.05, 0) is 38.6 Å². The molecule has 100 valence electrons. The van der Waals surface area contributed by atoms with E-state index in [0.717, 1.165) is 11.3 Å². The summed E-state index contributed by atoms with van der Waals surface area (Å²) in [4.78, 5) is 11.5. The van der Waals surface area contributed by atoms with E-state index in [0.29, 0.717) is 19.6 Å². The average molecular weight is 251 g/mol. The van der Waals surface area contributed by atoms with E-state index in [1.165, 1.54) is 0 Å². The number of carbonyl (C=O) groups excluding carboxylic acids is 1. The lowest BCUT2D eigenvalue weighted by molar-refractivity contribution is -0.143. The summed E-state index contributed by atoms with van der Waals surface area (Å²) in [5, 5.41) is 3.12. The van der Waals surface area contributed by atoms with Crippen molar-refractivity contribution in [2.75, 3.05) is 20.3 Å². The van der Waals surface area contributed by atoms with Gasteiger partial charge in [0.2, 0.25) is 0 Å². The predicted octanol–water partition coefficient (Wildman–Crippen LogP) is 2.30. The summed E-state index contributed by atoms with van der Waals surface area (Å²) >= 11 is 0. The van der Waals surface area contributed by atoms with Gasteiger partial charge in [-0.25, -0.2) is 0 Å². The maximum absolute atomic E-state index is 11.5. The first kappa shape index (κ1) is 14.5. The highest BCUT2D eigenvalue weighted by Crippen LogP contribution is 2.21. The van der Waals surface area contributed by atoms with E-state index in [1.54, 1.807) is 0 Å². The molecule has 1 aromatic carbocycles. The standard InChI is InChI=1S/C14H21NO3/c1-4-17-12-8-6-7-11(9-12)13(15-3)10-14(16)18-5-2/h6-9,13,15H,4-5,10H2,1-3H3. The lowest BCUT2D eigenvalue weighted by Gasteiger charge is -2.16. The second-order valence-electron chi connectivity index (χ2n) is 3.86. The molecule has 0 aromatic heterocycles. The molecule has 1 aromatic rings. The summed E-state index contributed by atoms with van der Waals surface area (Å²) in [5.74, 6) is 0.623. The maximum atomic E-state index is 11.5. The van der Waals surface area contributed by atoms with Crippen molar-refractivity contribution in [3.8, 4) is 5.75 Å². The normalized spacial score (nSPS) is 11.9. The smallest absolute Gasteiger partial charge is 0.307 e. The zero-order valence-corrected chi connectivity index (χ0v) is 11.2. The van der Waals surface area contributed by atoms with Crippen molar-refractivity contribution in [2.45, 2.75) is 26.3 Å². The van der Waals surface area contributed by atoms with E-state index in [-0.39, 0.29) is 12.0 Å². The van der Waals surface area contributed by atoms with Crippen molar-refractivity contribution in [3.63, 3.8) is 0 Å². The summed E-state index contributed by atoms with van der Waals surface area (Å²) in [6.45, 7) is 4.79. The van der Waals surface area contributed by atoms with Crippen molar-refractivity contribution in [1.29, 1.82) is 0 Å². The number of ether oxygens (including phenoxy) is 2. The molecule has 18 heavy (non-hydrogen) atoms. The molecule has 1 atom stereocenters. The first-order valence-corrected chi connectivity index (χ1v) is 6.26. The number of hydrogen-bond donors (Lipinski definition) is 1. The van der Waals surface area contributed by atoms with Gasteiger partial charge in [-0.15, -0.1) is 0 Å². The van der Waals surface area contributed by atoms with Gasteiger partial charge in [0.25, 0.3) is 0 Å². The Balaban J connectivity index is 2.74. The van der Waals surface area contributed by atoms with Crippen LogP contribution in [0.4, 0.5) is 0 Å². The van der Waals surface area contributed by atoms with Crippen LogP contribution in [0.5, 0.6) is 5.75 Å². The minimum Gasteiger partial charge on any atom is -0.494 e. The third-order valence-electron chi connectivity index (χ3n) is 2.60. The Bertz CT molecular complexity index is 379. The second-order valence-corrected chi connectivity index (χ2v) is 3.86. The average Bonchev–Trinajstić information content (AvgIpc) is 2.37. The van der Waals surface area contributed by atoms with Crippen LogP contribution in [-0.4, -0.2) is 26.2 Å². The predicted molar refractivity (Wildman–Crippen MR) is 70.7 cm³/mol. The molecular formula is C14H21NO3. The van der Waals surface area contributed by atoms with Crippen molar-refractivity contribution >= 4 is 5.97 Å². The molecule has 1 unspecified atom stereocenters. The van der Waals surface area contributed by atoms with Gasteiger partial charge in [0.05, 0.1) is 19.6 Å². The van der Waals surface area contributed by atoms with E-state index in [9.17, 15) is 4.79 Å². The Labute approximate surface area is 108 Å². The number of benzene rings is 1. The molecule has 0 bridgehead atoms. The Kier molecular flexibility index (Phi) is 6.22. The molecule has 1 N–H and O–H groups in total. The van der Waals surface area contributed by atoms with Crippen molar-refractivity contribution in [2.24, 2.45) is 0 Å². The third kappa shape index (κ3) is 4.37. The minimum atomic E-state index is -0.196. The number of nitrogens with one attached hydrogen (secondary N) is 1. The Morgan fingerprint density at radius 2 is 2.11 bits per heavy atom. The Morgan fingerprint density at radius 1 is 1.33 bits per heavy atom. The zero-order chi connectivity index (χ0) is 13.4. The fraction of sp³-hybridized carbons (Fsp3) is 0.500. The third-order valence-corrected chi connectivity index (χ3v) is 2.60. The van der Waals surface area contributed by atoms with Crippen LogP contribution < -0.4 is 10.1 Å². The molecule has 0 heterocycles. The van der Waals surface area contributed by atoms with E-state index >= 15 is 0 Å². The summed E-state index contributed by atoms with van der Waals surface area (Å²) in [5.41, 5.74) is 1.02. The molecule has 0 fully saturated rings. The minimum absolute atomic E-state index is 0.0514. The van der Waals surface area contributed by atoms with Gasteiger partial charge >= 0.3 is 5.97 Å².